The van der Waals surface area contributed by atoms with Crippen molar-refractivity contribution in [1.82, 2.24) is 14.5 Å². The van der Waals surface area contributed by atoms with E-state index in [2.05, 4.69) is 10.2 Å². The number of aromatic nitrogens is 2. The van der Waals surface area contributed by atoms with Crippen LogP contribution in [0.25, 0.3) is 11.5 Å². The number of piperidine rings is 1. The van der Waals surface area contributed by atoms with Crippen LogP contribution in [0.3, 0.4) is 0 Å². The Morgan fingerprint density at radius 3 is 2.81 bits per heavy atom. The van der Waals surface area contributed by atoms with Crippen molar-refractivity contribution >= 4 is 21.8 Å². The summed E-state index contributed by atoms with van der Waals surface area (Å²) in [6.07, 6.45) is 2.90. The lowest BCUT2D eigenvalue weighted by Crippen LogP contribution is -2.35. The summed E-state index contributed by atoms with van der Waals surface area (Å²) in [6, 6.07) is 6.70. The van der Waals surface area contributed by atoms with E-state index in [1.54, 1.807) is 28.6 Å². The molecule has 0 radical (unpaired) electrons. The van der Waals surface area contributed by atoms with E-state index in [1.165, 1.54) is 11.8 Å². The number of hydrogen-bond acceptors (Lipinski definition) is 7. The SMILES string of the molecule is CCOCCSc1nnc(-c2cccc(S(=O)(=O)N3CCCCC3)c2)o1. The van der Waals surface area contributed by atoms with Gasteiger partial charge in [0.25, 0.3) is 5.22 Å². The summed E-state index contributed by atoms with van der Waals surface area (Å²) in [7, 11) is -3.48. The first kappa shape index (κ1) is 19.3. The zero-order valence-electron chi connectivity index (χ0n) is 14.8. The van der Waals surface area contributed by atoms with E-state index >= 15 is 0 Å². The molecule has 0 spiro atoms. The van der Waals surface area contributed by atoms with Gasteiger partial charge in [0.2, 0.25) is 15.9 Å². The zero-order valence-corrected chi connectivity index (χ0v) is 16.4. The molecule has 1 aromatic carbocycles. The standard InChI is InChI=1S/C17H23N3O4S2/c1-2-23-11-12-25-17-19-18-16(24-17)14-7-6-8-15(13-14)26(21,22)20-9-4-3-5-10-20/h6-8,13H,2-5,9-12H2,1H3. The van der Waals surface area contributed by atoms with Crippen molar-refractivity contribution in [3.63, 3.8) is 0 Å². The fourth-order valence-electron chi connectivity index (χ4n) is 2.76. The van der Waals surface area contributed by atoms with Crippen LogP contribution in [-0.2, 0) is 14.8 Å². The molecular formula is C17H23N3O4S2. The second-order valence-electron chi connectivity index (χ2n) is 5.91. The third-order valence-electron chi connectivity index (χ3n) is 4.10. The van der Waals surface area contributed by atoms with Crippen LogP contribution >= 0.6 is 11.8 Å². The van der Waals surface area contributed by atoms with Crippen LogP contribution in [0, 0.1) is 0 Å². The van der Waals surface area contributed by atoms with Crippen molar-refractivity contribution in [3.05, 3.63) is 24.3 Å². The van der Waals surface area contributed by atoms with Crippen LogP contribution in [0.4, 0.5) is 0 Å². The largest absolute Gasteiger partial charge is 0.411 e. The Bertz CT molecular complexity index is 817. The molecule has 0 aliphatic carbocycles. The van der Waals surface area contributed by atoms with Gasteiger partial charge in [-0.05, 0) is 38.0 Å². The minimum atomic E-state index is -3.48. The molecule has 26 heavy (non-hydrogen) atoms. The van der Waals surface area contributed by atoms with Gasteiger partial charge in [0.15, 0.2) is 0 Å². The highest BCUT2D eigenvalue weighted by atomic mass is 32.2. The number of hydrogen-bond donors (Lipinski definition) is 0. The molecule has 0 N–H and O–H groups in total. The van der Waals surface area contributed by atoms with E-state index < -0.39 is 10.0 Å². The monoisotopic (exact) mass is 397 g/mol. The molecule has 1 aliphatic heterocycles. The Kier molecular flexibility index (Phi) is 6.68. The van der Waals surface area contributed by atoms with Gasteiger partial charge in [-0.3, -0.25) is 0 Å². The average molecular weight is 398 g/mol. The van der Waals surface area contributed by atoms with Crippen molar-refractivity contribution in [2.24, 2.45) is 0 Å². The van der Waals surface area contributed by atoms with Crippen molar-refractivity contribution in [1.29, 1.82) is 0 Å². The molecule has 1 aromatic heterocycles. The van der Waals surface area contributed by atoms with Crippen LogP contribution in [0.15, 0.2) is 38.8 Å². The number of sulfonamides is 1. The van der Waals surface area contributed by atoms with Gasteiger partial charge in [0.1, 0.15) is 0 Å². The van der Waals surface area contributed by atoms with Gasteiger partial charge >= 0.3 is 0 Å². The maximum absolute atomic E-state index is 12.8. The van der Waals surface area contributed by atoms with Crippen molar-refractivity contribution in [3.8, 4) is 11.5 Å². The highest BCUT2D eigenvalue weighted by Gasteiger charge is 2.26. The predicted octanol–water partition coefficient (Wildman–Crippen LogP) is 3.04. The predicted molar refractivity (Wildman–Crippen MR) is 99.6 cm³/mol. The highest BCUT2D eigenvalue weighted by Crippen LogP contribution is 2.27. The molecule has 1 fully saturated rings. The second-order valence-corrected chi connectivity index (χ2v) is 8.90. The Morgan fingerprint density at radius 2 is 2.04 bits per heavy atom. The van der Waals surface area contributed by atoms with Gasteiger partial charge in [-0.2, -0.15) is 4.31 Å². The fourth-order valence-corrected chi connectivity index (χ4v) is 4.94. The molecule has 0 unspecified atom stereocenters. The van der Waals surface area contributed by atoms with Gasteiger partial charge < -0.3 is 9.15 Å². The molecule has 1 aliphatic rings. The van der Waals surface area contributed by atoms with E-state index in [9.17, 15) is 8.42 Å². The van der Waals surface area contributed by atoms with Crippen molar-refractivity contribution < 1.29 is 17.6 Å². The molecule has 2 aromatic rings. The minimum absolute atomic E-state index is 0.264. The molecule has 2 heterocycles. The van der Waals surface area contributed by atoms with Crippen LogP contribution in [-0.4, -0.2) is 55.0 Å². The first-order chi connectivity index (χ1) is 12.6. The summed E-state index contributed by atoms with van der Waals surface area (Å²) < 4.78 is 38.1. The summed E-state index contributed by atoms with van der Waals surface area (Å²) in [4.78, 5) is 0.264. The molecule has 0 bridgehead atoms. The number of benzene rings is 1. The number of rotatable bonds is 8. The maximum atomic E-state index is 12.8. The number of ether oxygens (including phenoxy) is 1. The van der Waals surface area contributed by atoms with E-state index in [-0.39, 0.29) is 4.90 Å². The lowest BCUT2D eigenvalue weighted by molar-refractivity contribution is 0.164. The molecular weight excluding hydrogens is 374 g/mol. The van der Waals surface area contributed by atoms with Gasteiger partial charge in [-0.15, -0.1) is 10.2 Å². The van der Waals surface area contributed by atoms with Crippen molar-refractivity contribution in [2.45, 2.75) is 36.3 Å². The Labute approximate surface area is 158 Å². The van der Waals surface area contributed by atoms with Gasteiger partial charge in [-0.1, -0.05) is 24.2 Å². The summed E-state index contributed by atoms with van der Waals surface area (Å²) >= 11 is 1.42. The highest BCUT2D eigenvalue weighted by molar-refractivity contribution is 7.99. The molecule has 9 heteroatoms. The minimum Gasteiger partial charge on any atom is -0.411 e. The van der Waals surface area contributed by atoms with Crippen LogP contribution in [0.2, 0.25) is 0 Å². The Hall–Kier alpha value is -1.42. The molecule has 7 nitrogen and oxygen atoms in total. The van der Waals surface area contributed by atoms with Crippen LogP contribution in [0.5, 0.6) is 0 Å². The number of nitrogens with zero attached hydrogens (tertiary/aromatic N) is 3. The normalized spacial score (nSPS) is 16.0. The molecule has 0 amide bonds. The molecule has 0 atom stereocenters. The van der Waals surface area contributed by atoms with Gasteiger partial charge in [0, 0.05) is 31.0 Å². The lowest BCUT2D eigenvalue weighted by Gasteiger charge is -2.25. The molecule has 0 saturated carbocycles. The maximum Gasteiger partial charge on any atom is 0.276 e. The topological polar surface area (TPSA) is 85.5 Å². The summed E-state index contributed by atoms with van der Waals surface area (Å²) in [6.45, 7) is 4.39. The van der Waals surface area contributed by atoms with Crippen LogP contribution < -0.4 is 0 Å². The van der Waals surface area contributed by atoms with E-state index in [4.69, 9.17) is 9.15 Å². The summed E-state index contributed by atoms with van der Waals surface area (Å²) in [5.74, 6) is 1.04. The lowest BCUT2D eigenvalue weighted by atomic mass is 10.2. The summed E-state index contributed by atoms with van der Waals surface area (Å²) in [5.41, 5.74) is 0.604. The molecule has 1 saturated heterocycles. The first-order valence-electron chi connectivity index (χ1n) is 8.76. The second kappa shape index (κ2) is 8.98. The third-order valence-corrected chi connectivity index (χ3v) is 6.77. The van der Waals surface area contributed by atoms with E-state index in [0.29, 0.717) is 43.0 Å². The molecule has 142 valence electrons. The fraction of sp³-hybridized carbons (Fsp3) is 0.529. The average Bonchev–Trinajstić information content (AvgIpc) is 3.15. The third kappa shape index (κ3) is 4.64. The Morgan fingerprint density at radius 1 is 1.23 bits per heavy atom. The van der Waals surface area contributed by atoms with Gasteiger partial charge in [0.05, 0.1) is 11.5 Å². The van der Waals surface area contributed by atoms with E-state index in [1.807, 2.05) is 6.92 Å². The van der Waals surface area contributed by atoms with E-state index in [0.717, 1.165) is 25.0 Å². The number of thioether (sulfide) groups is 1. The van der Waals surface area contributed by atoms with Gasteiger partial charge in [-0.25, -0.2) is 8.42 Å². The quantitative estimate of drug-likeness (QED) is 0.500. The van der Waals surface area contributed by atoms with Crippen molar-refractivity contribution in [2.75, 3.05) is 32.1 Å². The Balaban J connectivity index is 1.74. The first-order valence-corrected chi connectivity index (χ1v) is 11.2. The summed E-state index contributed by atoms with van der Waals surface area (Å²) in [5, 5.41) is 8.49. The zero-order chi connectivity index (χ0) is 18.4. The smallest absolute Gasteiger partial charge is 0.276 e. The molecule has 3 rings (SSSR count). The van der Waals surface area contributed by atoms with Crippen LogP contribution in [0.1, 0.15) is 26.2 Å².